The molecule has 31 heavy (non-hydrogen) atoms. The minimum Gasteiger partial charge on any atom is -0.496 e. The first-order valence-electron chi connectivity index (χ1n) is 10.3. The van der Waals surface area contributed by atoms with Crippen LogP contribution < -0.4 is 15.4 Å². The van der Waals surface area contributed by atoms with Gasteiger partial charge >= 0.3 is 12.1 Å². The van der Waals surface area contributed by atoms with Crippen LogP contribution in [0.25, 0.3) is 0 Å². The molecule has 1 unspecified atom stereocenters. The highest BCUT2D eigenvalue weighted by molar-refractivity contribution is 5.95. The molecule has 2 heterocycles. The number of alkyl halides is 3. The Bertz CT molecular complexity index is 935. The number of methoxy groups -OCH3 is 1. The van der Waals surface area contributed by atoms with Crippen LogP contribution in [0.3, 0.4) is 0 Å². The summed E-state index contributed by atoms with van der Waals surface area (Å²) in [6.45, 7) is 0.900. The third-order valence-electron chi connectivity index (χ3n) is 6.08. The number of hydrogen-bond donors (Lipinski definition) is 2. The average Bonchev–Trinajstić information content (AvgIpc) is 3.18. The van der Waals surface area contributed by atoms with Crippen molar-refractivity contribution in [3.63, 3.8) is 0 Å². The van der Waals surface area contributed by atoms with Crippen molar-refractivity contribution in [1.29, 1.82) is 0 Å². The van der Waals surface area contributed by atoms with Gasteiger partial charge in [0, 0.05) is 11.3 Å². The Balaban J connectivity index is 1.60. The largest absolute Gasteiger partial charge is 0.496 e. The number of halogens is 3. The number of anilines is 1. The smallest absolute Gasteiger partial charge is 0.471 e. The van der Waals surface area contributed by atoms with Crippen LogP contribution in [0.4, 0.5) is 18.9 Å². The number of carbonyl (C=O) groups excluding carboxylic acids is 1. The zero-order valence-electron chi connectivity index (χ0n) is 17.2. The van der Waals surface area contributed by atoms with Crippen LogP contribution in [0, 0.1) is 0 Å². The van der Waals surface area contributed by atoms with Gasteiger partial charge in [0.25, 0.3) is 0 Å². The summed E-state index contributed by atoms with van der Waals surface area (Å²) in [4.78, 5) is 11.4. The lowest BCUT2D eigenvalue weighted by Gasteiger charge is -2.42. The first-order chi connectivity index (χ1) is 14.8. The van der Waals surface area contributed by atoms with Gasteiger partial charge in [-0.1, -0.05) is 30.3 Å². The van der Waals surface area contributed by atoms with E-state index in [0.29, 0.717) is 17.7 Å². The van der Waals surface area contributed by atoms with Crippen LogP contribution in [0.2, 0.25) is 0 Å². The molecule has 0 aliphatic carbocycles. The van der Waals surface area contributed by atoms with Crippen molar-refractivity contribution in [2.75, 3.05) is 19.0 Å². The fourth-order valence-corrected chi connectivity index (χ4v) is 4.69. The van der Waals surface area contributed by atoms with Gasteiger partial charge in [-0.2, -0.15) is 13.2 Å². The lowest BCUT2D eigenvalue weighted by molar-refractivity contribution is -0.167. The summed E-state index contributed by atoms with van der Waals surface area (Å²) in [6.07, 6.45) is -1.91. The quantitative estimate of drug-likeness (QED) is 0.718. The minimum absolute atomic E-state index is 0.0339. The standard InChI is InChI=1S/C23H25F3N2O3/c1-30-18-9-8-16(28-21(29)23(24,25)26)14-17(18)19-10-12-22(31-19)11-5-13-27-20(22)15-6-3-2-4-7-15/h2-4,6-9,14,19-20,27H,5,10-13H2,1H3,(H,28,29)/t19?,20-,22+/m0/s1. The van der Waals surface area contributed by atoms with Gasteiger partial charge in [-0.25, -0.2) is 0 Å². The summed E-state index contributed by atoms with van der Waals surface area (Å²) in [5.41, 5.74) is 1.45. The summed E-state index contributed by atoms with van der Waals surface area (Å²) in [7, 11) is 1.51. The number of amides is 1. The Morgan fingerprint density at radius 3 is 2.68 bits per heavy atom. The average molecular weight is 434 g/mol. The summed E-state index contributed by atoms with van der Waals surface area (Å²) >= 11 is 0. The molecule has 2 fully saturated rings. The number of ether oxygens (including phenoxy) is 2. The molecular formula is C23H25F3N2O3. The first kappa shape index (κ1) is 21.6. The summed E-state index contributed by atoms with van der Waals surface area (Å²) < 4.78 is 50.0. The predicted octanol–water partition coefficient (Wildman–Crippen LogP) is 4.91. The topological polar surface area (TPSA) is 59.6 Å². The van der Waals surface area contributed by atoms with E-state index in [2.05, 4.69) is 17.4 Å². The van der Waals surface area contributed by atoms with Gasteiger partial charge in [0.05, 0.1) is 24.9 Å². The van der Waals surface area contributed by atoms with Crippen LogP contribution in [-0.2, 0) is 9.53 Å². The molecule has 5 nitrogen and oxygen atoms in total. The summed E-state index contributed by atoms with van der Waals surface area (Å²) in [5.74, 6) is -1.49. The van der Waals surface area contributed by atoms with Gasteiger partial charge in [-0.05, 0) is 56.0 Å². The molecule has 2 aliphatic heterocycles. The van der Waals surface area contributed by atoms with E-state index in [0.717, 1.165) is 31.4 Å². The van der Waals surface area contributed by atoms with E-state index in [1.807, 2.05) is 23.5 Å². The Hall–Kier alpha value is -2.58. The molecule has 4 rings (SSSR count). The van der Waals surface area contributed by atoms with E-state index in [9.17, 15) is 18.0 Å². The maximum Gasteiger partial charge on any atom is 0.471 e. The molecule has 3 atom stereocenters. The van der Waals surface area contributed by atoms with Crippen molar-refractivity contribution >= 4 is 11.6 Å². The van der Waals surface area contributed by atoms with Gasteiger partial charge < -0.3 is 20.1 Å². The highest BCUT2D eigenvalue weighted by Crippen LogP contribution is 2.51. The SMILES string of the molecule is COc1ccc(NC(=O)C(F)(F)F)cc1C1CC[C@@]2(CCCN[C@H]2c2ccccc2)O1. The molecule has 2 aromatic rings. The highest BCUT2D eigenvalue weighted by Gasteiger charge is 2.49. The summed E-state index contributed by atoms with van der Waals surface area (Å²) in [6, 6.07) is 14.6. The number of piperidine rings is 1. The predicted molar refractivity (Wildman–Crippen MR) is 110 cm³/mol. The van der Waals surface area contributed by atoms with Crippen LogP contribution in [0.15, 0.2) is 48.5 Å². The van der Waals surface area contributed by atoms with Crippen molar-refractivity contribution in [2.45, 2.75) is 49.6 Å². The molecule has 0 aromatic heterocycles. The van der Waals surface area contributed by atoms with E-state index in [4.69, 9.17) is 9.47 Å². The number of carbonyl (C=O) groups is 1. The number of benzene rings is 2. The zero-order valence-corrected chi connectivity index (χ0v) is 17.2. The molecule has 0 saturated carbocycles. The molecular weight excluding hydrogens is 409 g/mol. The Labute approximate surface area is 178 Å². The van der Waals surface area contributed by atoms with Crippen molar-refractivity contribution in [1.82, 2.24) is 5.32 Å². The van der Waals surface area contributed by atoms with Crippen molar-refractivity contribution < 1.29 is 27.4 Å². The van der Waals surface area contributed by atoms with Crippen molar-refractivity contribution in [2.24, 2.45) is 0 Å². The summed E-state index contributed by atoms with van der Waals surface area (Å²) in [5, 5.41) is 5.50. The third-order valence-corrected chi connectivity index (χ3v) is 6.08. The van der Waals surface area contributed by atoms with Crippen LogP contribution in [0.5, 0.6) is 5.75 Å². The molecule has 166 valence electrons. The molecule has 8 heteroatoms. The second-order valence-corrected chi connectivity index (χ2v) is 8.02. The van der Waals surface area contributed by atoms with Crippen molar-refractivity contribution in [3.05, 3.63) is 59.7 Å². The van der Waals surface area contributed by atoms with Gasteiger partial charge in [0.15, 0.2) is 0 Å². The van der Waals surface area contributed by atoms with Crippen LogP contribution in [-0.4, -0.2) is 31.3 Å². The molecule has 2 aliphatic rings. The van der Waals surface area contributed by atoms with E-state index < -0.39 is 17.7 Å². The molecule has 1 spiro atoms. The maximum atomic E-state index is 12.7. The van der Waals surface area contributed by atoms with E-state index in [1.54, 1.807) is 6.07 Å². The number of hydrogen-bond acceptors (Lipinski definition) is 4. The van der Waals surface area contributed by atoms with Gasteiger partial charge in [-0.3, -0.25) is 4.79 Å². The van der Waals surface area contributed by atoms with E-state index in [1.165, 1.54) is 19.2 Å². The maximum absolute atomic E-state index is 12.7. The van der Waals surface area contributed by atoms with Crippen LogP contribution >= 0.6 is 0 Å². The minimum atomic E-state index is -4.95. The fraction of sp³-hybridized carbons (Fsp3) is 0.435. The molecule has 0 bridgehead atoms. The lowest BCUT2D eigenvalue weighted by Crippen LogP contribution is -2.48. The number of rotatable bonds is 4. The Kier molecular flexibility index (Phi) is 5.94. The monoisotopic (exact) mass is 434 g/mol. The van der Waals surface area contributed by atoms with E-state index in [-0.39, 0.29) is 17.8 Å². The molecule has 0 radical (unpaired) electrons. The Morgan fingerprint density at radius 1 is 1.19 bits per heavy atom. The molecule has 2 N–H and O–H groups in total. The number of nitrogens with one attached hydrogen (secondary N) is 2. The first-order valence-corrected chi connectivity index (χ1v) is 10.3. The Morgan fingerprint density at radius 2 is 1.97 bits per heavy atom. The van der Waals surface area contributed by atoms with Gasteiger partial charge in [0.1, 0.15) is 5.75 Å². The van der Waals surface area contributed by atoms with Crippen LogP contribution in [0.1, 0.15) is 49.0 Å². The molecule has 1 amide bonds. The second kappa shape index (κ2) is 8.51. The third kappa shape index (κ3) is 4.41. The fourth-order valence-electron chi connectivity index (χ4n) is 4.69. The van der Waals surface area contributed by atoms with Gasteiger partial charge in [-0.15, -0.1) is 0 Å². The zero-order chi connectivity index (χ0) is 22.1. The van der Waals surface area contributed by atoms with Crippen molar-refractivity contribution in [3.8, 4) is 5.75 Å². The highest BCUT2D eigenvalue weighted by atomic mass is 19.4. The molecule has 2 saturated heterocycles. The normalized spacial score (nSPS) is 26.1. The second-order valence-electron chi connectivity index (χ2n) is 8.02. The lowest BCUT2D eigenvalue weighted by atomic mass is 9.80. The van der Waals surface area contributed by atoms with E-state index >= 15 is 0 Å². The van der Waals surface area contributed by atoms with Gasteiger partial charge in [0.2, 0.25) is 0 Å². The molecule has 2 aromatic carbocycles.